The summed E-state index contributed by atoms with van der Waals surface area (Å²) in [5.74, 6) is -0.0568. The van der Waals surface area contributed by atoms with Gasteiger partial charge in [0.25, 0.3) is 5.91 Å². The molecule has 1 unspecified atom stereocenters. The van der Waals surface area contributed by atoms with Crippen molar-refractivity contribution in [2.24, 2.45) is 5.92 Å². The molecule has 0 saturated carbocycles. The molecule has 5 nitrogen and oxygen atoms in total. The fourth-order valence-electron chi connectivity index (χ4n) is 1.09. The number of rotatable bonds is 5. The molecule has 1 aromatic rings. The van der Waals surface area contributed by atoms with Gasteiger partial charge in [0.1, 0.15) is 17.4 Å². The second kappa shape index (κ2) is 6.51. The van der Waals surface area contributed by atoms with E-state index >= 15 is 0 Å². The smallest absolute Gasteiger partial charge is 0.262 e. The van der Waals surface area contributed by atoms with E-state index in [0.29, 0.717) is 12.3 Å². The molecule has 17 heavy (non-hydrogen) atoms. The average Bonchev–Trinajstić information content (AvgIpc) is 2.85. The fourth-order valence-corrected chi connectivity index (χ4v) is 1.09. The van der Waals surface area contributed by atoms with Crippen molar-refractivity contribution in [1.82, 2.24) is 5.32 Å². The summed E-state index contributed by atoms with van der Waals surface area (Å²) in [4.78, 5) is 11.6. The maximum Gasteiger partial charge on any atom is 0.262 e. The molecule has 0 spiro atoms. The molecule has 0 aromatic carbocycles. The summed E-state index contributed by atoms with van der Waals surface area (Å²) in [6, 6.07) is 5.14. The van der Waals surface area contributed by atoms with Gasteiger partial charge in [0.15, 0.2) is 0 Å². The Morgan fingerprint density at radius 2 is 2.53 bits per heavy atom. The first-order chi connectivity index (χ1) is 8.17. The molecular weight excluding hydrogens is 220 g/mol. The molecule has 0 saturated heterocycles. The zero-order valence-electron chi connectivity index (χ0n) is 9.51. The number of nitrogens with zero attached hydrogens (tertiary/aromatic N) is 1. The molecule has 1 atom stereocenters. The highest BCUT2D eigenvalue weighted by atomic mass is 16.3. The van der Waals surface area contributed by atoms with Crippen molar-refractivity contribution in [3.8, 4) is 6.07 Å². The van der Waals surface area contributed by atoms with Crippen molar-refractivity contribution >= 4 is 12.0 Å². The van der Waals surface area contributed by atoms with E-state index < -0.39 is 5.91 Å². The van der Waals surface area contributed by atoms with E-state index in [0.717, 1.165) is 0 Å². The molecule has 0 aliphatic rings. The first kappa shape index (κ1) is 13.0. The van der Waals surface area contributed by atoms with Gasteiger partial charge in [-0.1, -0.05) is 6.92 Å². The quantitative estimate of drug-likeness (QED) is 0.586. The Hall–Kier alpha value is -2.06. The lowest BCUT2D eigenvalue weighted by Gasteiger charge is -2.08. The first-order valence-electron chi connectivity index (χ1n) is 5.21. The summed E-state index contributed by atoms with van der Waals surface area (Å²) in [5, 5.41) is 20.2. The normalized spacial score (nSPS) is 12.9. The molecule has 1 amide bonds. The Labute approximate surface area is 99.4 Å². The van der Waals surface area contributed by atoms with Gasteiger partial charge < -0.3 is 14.8 Å². The molecule has 0 aliphatic carbocycles. The third kappa shape index (κ3) is 4.13. The summed E-state index contributed by atoms with van der Waals surface area (Å²) >= 11 is 0. The number of amides is 1. The number of nitriles is 1. The van der Waals surface area contributed by atoms with Crippen LogP contribution in [0.1, 0.15) is 12.7 Å². The highest BCUT2D eigenvalue weighted by Crippen LogP contribution is 2.07. The lowest BCUT2D eigenvalue weighted by atomic mass is 10.2. The van der Waals surface area contributed by atoms with Crippen molar-refractivity contribution in [3.63, 3.8) is 0 Å². The number of aliphatic hydroxyl groups excluding tert-OH is 1. The molecule has 0 aliphatic heterocycles. The number of aliphatic hydroxyl groups is 1. The Bertz CT molecular complexity index is 429. The van der Waals surface area contributed by atoms with Gasteiger partial charge in [0.05, 0.1) is 6.26 Å². The Kier molecular flexibility index (Phi) is 4.98. The lowest BCUT2D eigenvalue weighted by Crippen LogP contribution is -2.30. The van der Waals surface area contributed by atoms with Gasteiger partial charge in [-0.2, -0.15) is 5.26 Å². The van der Waals surface area contributed by atoms with Crippen LogP contribution < -0.4 is 5.32 Å². The second-order valence-corrected chi connectivity index (χ2v) is 3.68. The van der Waals surface area contributed by atoms with Crippen LogP contribution in [0.25, 0.3) is 6.08 Å². The molecule has 0 fully saturated rings. The molecule has 5 heteroatoms. The third-order valence-corrected chi connectivity index (χ3v) is 2.12. The van der Waals surface area contributed by atoms with Crippen molar-refractivity contribution in [3.05, 3.63) is 29.7 Å². The number of furan rings is 1. The van der Waals surface area contributed by atoms with E-state index in [-0.39, 0.29) is 18.1 Å². The standard InChI is InChI=1S/C12H14N2O3/c1-9(8-15)7-14-12(16)10(6-13)5-11-3-2-4-17-11/h2-5,9,15H,7-8H2,1H3,(H,14,16)/b10-5+. The van der Waals surface area contributed by atoms with Crippen LogP contribution >= 0.6 is 0 Å². The summed E-state index contributed by atoms with van der Waals surface area (Å²) in [5.41, 5.74) is -0.0231. The van der Waals surface area contributed by atoms with Crippen LogP contribution in [0, 0.1) is 17.2 Å². The van der Waals surface area contributed by atoms with Crippen molar-refractivity contribution in [2.75, 3.05) is 13.2 Å². The van der Waals surface area contributed by atoms with E-state index in [4.69, 9.17) is 14.8 Å². The SMILES string of the molecule is CC(CO)CNC(=O)/C(C#N)=C/c1ccco1. The zero-order valence-corrected chi connectivity index (χ0v) is 9.51. The number of hydrogen-bond donors (Lipinski definition) is 2. The molecule has 90 valence electrons. The number of nitrogens with one attached hydrogen (secondary N) is 1. The summed E-state index contributed by atoms with van der Waals surface area (Å²) in [6.07, 6.45) is 2.84. The van der Waals surface area contributed by atoms with Gasteiger partial charge in [-0.05, 0) is 18.1 Å². The van der Waals surface area contributed by atoms with Crippen LogP contribution in [0.4, 0.5) is 0 Å². The van der Waals surface area contributed by atoms with Crippen LogP contribution in [-0.2, 0) is 4.79 Å². The largest absolute Gasteiger partial charge is 0.465 e. The first-order valence-corrected chi connectivity index (χ1v) is 5.21. The van der Waals surface area contributed by atoms with E-state index in [2.05, 4.69) is 5.32 Å². The highest BCUT2D eigenvalue weighted by Gasteiger charge is 2.10. The Morgan fingerprint density at radius 1 is 1.76 bits per heavy atom. The maximum absolute atomic E-state index is 11.6. The molecule has 1 aromatic heterocycles. The van der Waals surface area contributed by atoms with Gasteiger partial charge in [0.2, 0.25) is 0 Å². The van der Waals surface area contributed by atoms with Crippen LogP contribution in [0.5, 0.6) is 0 Å². The highest BCUT2D eigenvalue weighted by molar-refractivity contribution is 6.01. The van der Waals surface area contributed by atoms with Gasteiger partial charge in [-0.3, -0.25) is 4.79 Å². The predicted octanol–water partition coefficient (Wildman–Crippen LogP) is 0.931. The minimum Gasteiger partial charge on any atom is -0.465 e. The van der Waals surface area contributed by atoms with Gasteiger partial charge in [0, 0.05) is 19.2 Å². The maximum atomic E-state index is 11.6. The Balaban J connectivity index is 2.63. The van der Waals surface area contributed by atoms with Gasteiger partial charge in [-0.25, -0.2) is 0 Å². The van der Waals surface area contributed by atoms with Crippen LogP contribution in [0.2, 0.25) is 0 Å². The minimum absolute atomic E-state index is 0.00986. The topological polar surface area (TPSA) is 86.3 Å². The predicted molar refractivity (Wildman–Crippen MR) is 61.6 cm³/mol. The summed E-state index contributed by atoms with van der Waals surface area (Å²) < 4.78 is 5.02. The molecule has 1 heterocycles. The Morgan fingerprint density at radius 3 is 3.06 bits per heavy atom. The number of hydrogen-bond acceptors (Lipinski definition) is 4. The molecule has 0 radical (unpaired) electrons. The fraction of sp³-hybridized carbons (Fsp3) is 0.333. The summed E-state index contributed by atoms with van der Waals surface area (Å²) in [6.45, 7) is 2.11. The number of carbonyl (C=O) groups excluding carboxylic acids is 1. The van der Waals surface area contributed by atoms with Crippen molar-refractivity contribution in [2.45, 2.75) is 6.92 Å². The van der Waals surface area contributed by atoms with E-state index in [1.165, 1.54) is 12.3 Å². The minimum atomic E-state index is -0.468. The molecular formula is C12H14N2O3. The van der Waals surface area contributed by atoms with Gasteiger partial charge in [-0.15, -0.1) is 0 Å². The lowest BCUT2D eigenvalue weighted by molar-refractivity contribution is -0.117. The van der Waals surface area contributed by atoms with Crippen LogP contribution in [0.15, 0.2) is 28.4 Å². The third-order valence-electron chi connectivity index (χ3n) is 2.12. The van der Waals surface area contributed by atoms with E-state index in [1.54, 1.807) is 19.1 Å². The van der Waals surface area contributed by atoms with E-state index in [1.807, 2.05) is 6.07 Å². The van der Waals surface area contributed by atoms with Crippen molar-refractivity contribution in [1.29, 1.82) is 5.26 Å². The van der Waals surface area contributed by atoms with Crippen LogP contribution in [0.3, 0.4) is 0 Å². The number of carbonyl (C=O) groups is 1. The van der Waals surface area contributed by atoms with E-state index in [9.17, 15) is 4.79 Å². The zero-order chi connectivity index (χ0) is 12.7. The second-order valence-electron chi connectivity index (χ2n) is 3.68. The van der Waals surface area contributed by atoms with Gasteiger partial charge >= 0.3 is 0 Å². The van der Waals surface area contributed by atoms with Crippen LogP contribution in [-0.4, -0.2) is 24.2 Å². The van der Waals surface area contributed by atoms with Crippen molar-refractivity contribution < 1.29 is 14.3 Å². The monoisotopic (exact) mass is 234 g/mol. The molecule has 0 bridgehead atoms. The summed E-state index contributed by atoms with van der Waals surface area (Å²) in [7, 11) is 0. The molecule has 2 N–H and O–H groups in total. The average molecular weight is 234 g/mol. The molecule has 1 rings (SSSR count).